The largest absolute Gasteiger partial charge is 0.383 e. The summed E-state index contributed by atoms with van der Waals surface area (Å²) >= 11 is 5.95. The third-order valence-corrected chi connectivity index (χ3v) is 3.12. The molecule has 5 heteroatoms. The molecule has 0 saturated heterocycles. The third-order valence-electron chi connectivity index (χ3n) is 2.91. The van der Waals surface area contributed by atoms with Crippen LogP contribution >= 0.6 is 11.6 Å². The van der Waals surface area contributed by atoms with Gasteiger partial charge in [-0.2, -0.15) is 0 Å². The second kappa shape index (κ2) is 5.55. The van der Waals surface area contributed by atoms with Gasteiger partial charge in [0.25, 0.3) is 0 Å². The maximum atomic E-state index is 13.5. The average molecular weight is 280 g/mol. The smallest absolute Gasteiger partial charge is 0.128 e. The highest BCUT2D eigenvalue weighted by atomic mass is 35.5. The fraction of sp³-hybridized carbons (Fsp3) is 0.214. The van der Waals surface area contributed by atoms with E-state index in [1.807, 2.05) is 13.0 Å². The van der Waals surface area contributed by atoms with Crippen LogP contribution in [0.25, 0.3) is 0 Å². The molecule has 1 aromatic heterocycles. The normalized spacial score (nSPS) is 12.4. The van der Waals surface area contributed by atoms with E-state index < -0.39 is 0 Å². The molecule has 0 saturated carbocycles. The number of benzene rings is 1. The average Bonchev–Trinajstić information content (AvgIpc) is 2.33. The molecule has 2 aromatic rings. The molecular formula is C14H15ClFN3. The van der Waals surface area contributed by atoms with Crippen LogP contribution < -0.4 is 11.1 Å². The van der Waals surface area contributed by atoms with Gasteiger partial charge in [0.15, 0.2) is 0 Å². The Morgan fingerprint density at radius 2 is 2.05 bits per heavy atom. The summed E-state index contributed by atoms with van der Waals surface area (Å²) in [6.45, 7) is 1.85. The van der Waals surface area contributed by atoms with Gasteiger partial charge in [-0.15, -0.1) is 0 Å². The molecule has 0 fully saturated rings. The van der Waals surface area contributed by atoms with E-state index in [0.717, 1.165) is 16.7 Å². The first-order valence-corrected chi connectivity index (χ1v) is 6.24. The van der Waals surface area contributed by atoms with Crippen LogP contribution in [0.5, 0.6) is 0 Å². The van der Waals surface area contributed by atoms with Crippen LogP contribution in [0.4, 0.5) is 10.2 Å². The summed E-state index contributed by atoms with van der Waals surface area (Å²) in [5.74, 6) is 0.106. The minimum atomic E-state index is -0.274. The highest BCUT2D eigenvalue weighted by molar-refractivity contribution is 6.30. The number of nitrogens with one attached hydrogen (secondary N) is 1. The zero-order valence-corrected chi connectivity index (χ0v) is 11.5. The zero-order valence-electron chi connectivity index (χ0n) is 10.7. The summed E-state index contributed by atoms with van der Waals surface area (Å²) in [4.78, 5) is 4.03. The lowest BCUT2D eigenvalue weighted by Gasteiger charge is -2.19. The molecule has 0 aliphatic carbocycles. The van der Waals surface area contributed by atoms with Gasteiger partial charge in [-0.1, -0.05) is 17.7 Å². The fourth-order valence-corrected chi connectivity index (χ4v) is 2.30. The SMILES string of the molecule is CNC(c1cc(C)cc(F)c1)c1cc(Cl)cnc1N. The lowest BCUT2D eigenvalue weighted by molar-refractivity contribution is 0.615. The Hall–Kier alpha value is -1.65. The molecule has 100 valence electrons. The van der Waals surface area contributed by atoms with E-state index in [4.69, 9.17) is 17.3 Å². The Labute approximate surface area is 116 Å². The van der Waals surface area contributed by atoms with Crippen molar-refractivity contribution in [2.75, 3.05) is 12.8 Å². The number of halogens is 2. The molecule has 1 atom stereocenters. The van der Waals surface area contributed by atoms with Crippen molar-refractivity contribution in [2.45, 2.75) is 13.0 Å². The molecule has 0 radical (unpaired) electrons. The number of rotatable bonds is 3. The highest BCUT2D eigenvalue weighted by Crippen LogP contribution is 2.28. The van der Waals surface area contributed by atoms with E-state index in [1.165, 1.54) is 18.3 Å². The molecule has 0 aliphatic heterocycles. The third kappa shape index (κ3) is 3.03. The number of anilines is 1. The molecule has 0 spiro atoms. The van der Waals surface area contributed by atoms with Crippen molar-refractivity contribution in [1.82, 2.24) is 10.3 Å². The van der Waals surface area contributed by atoms with Gasteiger partial charge in [0.1, 0.15) is 11.6 Å². The van der Waals surface area contributed by atoms with Gasteiger partial charge >= 0.3 is 0 Å². The minimum absolute atomic E-state index is 0.249. The van der Waals surface area contributed by atoms with E-state index >= 15 is 0 Å². The molecule has 2 rings (SSSR count). The predicted molar refractivity (Wildman–Crippen MR) is 75.7 cm³/mol. The molecule has 0 bridgehead atoms. The molecule has 3 N–H and O–H groups in total. The number of hydrogen-bond donors (Lipinski definition) is 2. The molecule has 1 unspecified atom stereocenters. The number of nitrogens with zero attached hydrogens (tertiary/aromatic N) is 1. The van der Waals surface area contributed by atoms with E-state index in [1.54, 1.807) is 13.1 Å². The van der Waals surface area contributed by atoms with Crippen LogP contribution in [0.15, 0.2) is 30.5 Å². The van der Waals surface area contributed by atoms with E-state index in [-0.39, 0.29) is 11.9 Å². The second-order valence-corrected chi connectivity index (χ2v) is 4.85. The van der Waals surface area contributed by atoms with Gasteiger partial charge in [-0.3, -0.25) is 0 Å². The highest BCUT2D eigenvalue weighted by Gasteiger charge is 2.17. The Morgan fingerprint density at radius 1 is 1.32 bits per heavy atom. The zero-order chi connectivity index (χ0) is 14.0. The molecule has 3 nitrogen and oxygen atoms in total. The summed E-state index contributed by atoms with van der Waals surface area (Å²) in [6, 6.07) is 6.36. The summed E-state index contributed by atoms with van der Waals surface area (Å²) in [6.07, 6.45) is 1.49. The predicted octanol–water partition coefficient (Wildman–Crippen LogP) is 3.07. The molecule has 0 amide bonds. The van der Waals surface area contributed by atoms with Gasteiger partial charge in [0.05, 0.1) is 11.1 Å². The second-order valence-electron chi connectivity index (χ2n) is 4.41. The Balaban J connectivity index is 2.52. The topological polar surface area (TPSA) is 50.9 Å². The molecular weight excluding hydrogens is 265 g/mol. The van der Waals surface area contributed by atoms with Gasteiger partial charge in [-0.05, 0) is 43.3 Å². The maximum absolute atomic E-state index is 13.5. The number of hydrogen-bond acceptors (Lipinski definition) is 3. The van der Waals surface area contributed by atoms with Crippen molar-refractivity contribution in [1.29, 1.82) is 0 Å². The van der Waals surface area contributed by atoms with Crippen LogP contribution in [0.3, 0.4) is 0 Å². The minimum Gasteiger partial charge on any atom is -0.383 e. The first-order chi connectivity index (χ1) is 9.01. The van der Waals surface area contributed by atoms with E-state index in [2.05, 4.69) is 10.3 Å². The van der Waals surface area contributed by atoms with Crippen molar-refractivity contribution in [3.63, 3.8) is 0 Å². The lowest BCUT2D eigenvalue weighted by Crippen LogP contribution is -2.20. The van der Waals surface area contributed by atoms with Crippen LogP contribution in [0.1, 0.15) is 22.7 Å². The Bertz CT molecular complexity index is 581. The number of aromatic nitrogens is 1. The van der Waals surface area contributed by atoms with Crippen molar-refractivity contribution in [3.05, 3.63) is 58.0 Å². The van der Waals surface area contributed by atoms with Crippen LogP contribution in [0, 0.1) is 12.7 Å². The van der Waals surface area contributed by atoms with Gasteiger partial charge < -0.3 is 11.1 Å². The molecule has 1 aromatic carbocycles. The van der Waals surface area contributed by atoms with Crippen molar-refractivity contribution < 1.29 is 4.39 Å². The van der Waals surface area contributed by atoms with E-state index in [9.17, 15) is 4.39 Å². The monoisotopic (exact) mass is 279 g/mol. The van der Waals surface area contributed by atoms with Crippen molar-refractivity contribution in [2.24, 2.45) is 0 Å². The van der Waals surface area contributed by atoms with E-state index in [0.29, 0.717) is 10.8 Å². The maximum Gasteiger partial charge on any atom is 0.128 e. The Morgan fingerprint density at radius 3 is 2.68 bits per heavy atom. The number of aryl methyl sites for hydroxylation is 1. The quantitative estimate of drug-likeness (QED) is 0.908. The van der Waals surface area contributed by atoms with Crippen molar-refractivity contribution in [3.8, 4) is 0 Å². The first-order valence-electron chi connectivity index (χ1n) is 5.86. The lowest BCUT2D eigenvalue weighted by atomic mass is 9.98. The van der Waals surface area contributed by atoms with Gasteiger partial charge in [0.2, 0.25) is 0 Å². The number of nitrogens with two attached hydrogens (primary N) is 1. The summed E-state index contributed by atoms with van der Waals surface area (Å²) < 4.78 is 13.5. The molecule has 1 heterocycles. The Kier molecular flexibility index (Phi) is 4.02. The van der Waals surface area contributed by atoms with Crippen LogP contribution in [-0.4, -0.2) is 12.0 Å². The first kappa shape index (κ1) is 13.8. The molecule has 19 heavy (non-hydrogen) atoms. The summed E-state index contributed by atoms with van der Waals surface area (Å²) in [5, 5.41) is 3.61. The molecule has 0 aliphatic rings. The number of pyridine rings is 1. The van der Waals surface area contributed by atoms with Gasteiger partial charge in [-0.25, -0.2) is 9.37 Å². The van der Waals surface area contributed by atoms with Gasteiger partial charge in [0, 0.05) is 11.8 Å². The summed E-state index contributed by atoms with van der Waals surface area (Å²) in [5.41, 5.74) is 8.25. The summed E-state index contributed by atoms with van der Waals surface area (Å²) in [7, 11) is 1.78. The van der Waals surface area contributed by atoms with Crippen LogP contribution in [-0.2, 0) is 0 Å². The van der Waals surface area contributed by atoms with Crippen molar-refractivity contribution >= 4 is 17.4 Å². The standard InChI is InChI=1S/C14H15ClFN3/c1-8-3-9(5-11(16)4-8)13(18-2)12-6-10(15)7-19-14(12)17/h3-7,13,18H,1-2H3,(H2,17,19). The number of nitrogen functional groups attached to an aromatic ring is 1. The van der Waals surface area contributed by atoms with Crippen LogP contribution in [0.2, 0.25) is 5.02 Å². The fourth-order valence-electron chi connectivity index (χ4n) is 2.13.